The van der Waals surface area contributed by atoms with Crippen LogP contribution < -0.4 is 9.64 Å². The summed E-state index contributed by atoms with van der Waals surface area (Å²) in [5, 5.41) is 0. The van der Waals surface area contributed by atoms with Gasteiger partial charge in [0.15, 0.2) is 0 Å². The first-order chi connectivity index (χ1) is 8.63. The number of rotatable bonds is 3. The molecule has 1 aliphatic rings. The zero-order chi connectivity index (χ0) is 13.1. The van der Waals surface area contributed by atoms with E-state index in [9.17, 15) is 4.79 Å². The van der Waals surface area contributed by atoms with E-state index < -0.39 is 0 Å². The van der Waals surface area contributed by atoms with Gasteiger partial charge in [-0.05, 0) is 31.0 Å². The van der Waals surface area contributed by atoms with Gasteiger partial charge in [0, 0.05) is 32.9 Å². The number of ether oxygens (including phenoxy) is 1. The molecule has 0 radical (unpaired) electrons. The normalized spacial score (nSPS) is 14.7. The predicted octanol–water partition coefficient (Wildman–Crippen LogP) is 2.00. The molecular weight excluding hydrogens is 228 g/mol. The second-order valence-electron chi connectivity index (χ2n) is 4.78. The van der Waals surface area contributed by atoms with Crippen LogP contribution in [-0.4, -0.2) is 45.1 Å². The third kappa shape index (κ3) is 2.42. The first kappa shape index (κ1) is 12.7. The largest absolute Gasteiger partial charge is 0.496 e. The molecule has 0 spiro atoms. The maximum Gasteiger partial charge on any atom is 0.257 e. The van der Waals surface area contributed by atoms with Crippen LogP contribution in [-0.2, 0) is 0 Å². The van der Waals surface area contributed by atoms with E-state index in [2.05, 4.69) is 4.90 Å². The lowest BCUT2D eigenvalue weighted by Gasteiger charge is -2.20. The fourth-order valence-electron chi connectivity index (χ4n) is 2.28. The quantitative estimate of drug-likeness (QED) is 0.820. The Balaban J connectivity index is 2.35. The van der Waals surface area contributed by atoms with Gasteiger partial charge in [0.2, 0.25) is 0 Å². The van der Waals surface area contributed by atoms with Gasteiger partial charge in [0.05, 0.1) is 12.7 Å². The molecule has 0 saturated carbocycles. The number of methoxy groups -OCH3 is 1. The van der Waals surface area contributed by atoms with Crippen LogP contribution in [0.3, 0.4) is 0 Å². The van der Waals surface area contributed by atoms with Gasteiger partial charge >= 0.3 is 0 Å². The van der Waals surface area contributed by atoms with Crippen LogP contribution in [0.25, 0.3) is 0 Å². The minimum atomic E-state index is -0.0205. The van der Waals surface area contributed by atoms with E-state index in [1.807, 2.05) is 18.2 Å². The number of anilines is 1. The van der Waals surface area contributed by atoms with Gasteiger partial charge in [0.25, 0.3) is 5.91 Å². The Morgan fingerprint density at radius 2 is 1.94 bits per heavy atom. The lowest BCUT2D eigenvalue weighted by atomic mass is 10.1. The highest BCUT2D eigenvalue weighted by molar-refractivity contribution is 5.97. The van der Waals surface area contributed by atoms with Gasteiger partial charge in [-0.1, -0.05) is 0 Å². The Kier molecular flexibility index (Phi) is 3.75. The average molecular weight is 248 g/mol. The van der Waals surface area contributed by atoms with Crippen molar-refractivity contribution in [1.29, 1.82) is 0 Å². The molecule has 1 heterocycles. The molecule has 98 valence electrons. The first-order valence-corrected chi connectivity index (χ1v) is 6.28. The summed E-state index contributed by atoms with van der Waals surface area (Å²) in [5.41, 5.74) is 1.74. The van der Waals surface area contributed by atoms with Gasteiger partial charge in [-0.3, -0.25) is 4.79 Å². The average Bonchev–Trinajstić information content (AvgIpc) is 2.90. The summed E-state index contributed by atoms with van der Waals surface area (Å²) in [6.45, 7) is 2.14. The summed E-state index contributed by atoms with van der Waals surface area (Å²) in [6, 6.07) is 5.84. The van der Waals surface area contributed by atoms with Crippen LogP contribution in [0.15, 0.2) is 18.2 Å². The SMILES string of the molecule is COc1ccc(N2CCCC2)cc1C(=O)N(C)C. The molecule has 1 aromatic carbocycles. The van der Waals surface area contributed by atoms with Crippen molar-refractivity contribution in [2.45, 2.75) is 12.8 Å². The van der Waals surface area contributed by atoms with Crippen molar-refractivity contribution in [3.05, 3.63) is 23.8 Å². The minimum absolute atomic E-state index is 0.0205. The standard InChI is InChI=1S/C14H20N2O2/c1-15(2)14(17)12-10-11(6-7-13(12)18-3)16-8-4-5-9-16/h6-7,10H,4-5,8-9H2,1-3H3. The summed E-state index contributed by atoms with van der Waals surface area (Å²) in [5.74, 6) is 0.615. The van der Waals surface area contributed by atoms with Gasteiger partial charge in [-0.25, -0.2) is 0 Å². The maximum atomic E-state index is 12.1. The molecule has 1 amide bonds. The Labute approximate surface area is 108 Å². The predicted molar refractivity (Wildman–Crippen MR) is 72.5 cm³/mol. The third-order valence-electron chi connectivity index (χ3n) is 3.29. The van der Waals surface area contributed by atoms with Crippen molar-refractivity contribution in [3.63, 3.8) is 0 Å². The molecule has 0 aromatic heterocycles. The summed E-state index contributed by atoms with van der Waals surface area (Å²) in [7, 11) is 5.10. The van der Waals surface area contributed by atoms with Crippen molar-refractivity contribution >= 4 is 11.6 Å². The number of nitrogens with zero attached hydrogens (tertiary/aromatic N) is 2. The minimum Gasteiger partial charge on any atom is -0.496 e. The molecule has 1 aromatic rings. The van der Waals surface area contributed by atoms with Gasteiger partial charge in [-0.15, -0.1) is 0 Å². The number of carbonyl (C=O) groups excluding carboxylic acids is 1. The van der Waals surface area contributed by atoms with Crippen molar-refractivity contribution < 1.29 is 9.53 Å². The van der Waals surface area contributed by atoms with Crippen LogP contribution in [0.2, 0.25) is 0 Å². The Hall–Kier alpha value is -1.71. The van der Waals surface area contributed by atoms with E-state index in [4.69, 9.17) is 4.74 Å². The lowest BCUT2D eigenvalue weighted by molar-refractivity contribution is 0.0824. The molecule has 1 aliphatic heterocycles. The van der Waals surface area contributed by atoms with Crippen LogP contribution >= 0.6 is 0 Å². The van der Waals surface area contributed by atoms with Crippen molar-refractivity contribution in [3.8, 4) is 5.75 Å². The molecule has 18 heavy (non-hydrogen) atoms. The van der Waals surface area contributed by atoms with Crippen molar-refractivity contribution in [1.82, 2.24) is 4.90 Å². The van der Waals surface area contributed by atoms with E-state index in [1.165, 1.54) is 12.8 Å². The molecule has 0 aliphatic carbocycles. The van der Waals surface area contributed by atoms with Gasteiger partial charge < -0.3 is 14.5 Å². The van der Waals surface area contributed by atoms with Crippen LogP contribution in [0.5, 0.6) is 5.75 Å². The molecule has 2 rings (SSSR count). The highest BCUT2D eigenvalue weighted by Crippen LogP contribution is 2.27. The van der Waals surface area contributed by atoms with E-state index >= 15 is 0 Å². The molecule has 0 N–H and O–H groups in total. The fourth-order valence-corrected chi connectivity index (χ4v) is 2.28. The lowest BCUT2D eigenvalue weighted by Crippen LogP contribution is -2.23. The summed E-state index contributed by atoms with van der Waals surface area (Å²) < 4.78 is 5.27. The third-order valence-corrected chi connectivity index (χ3v) is 3.29. The van der Waals surface area contributed by atoms with Crippen molar-refractivity contribution in [2.75, 3.05) is 39.2 Å². The molecule has 0 atom stereocenters. The van der Waals surface area contributed by atoms with Gasteiger partial charge in [-0.2, -0.15) is 0 Å². The maximum absolute atomic E-state index is 12.1. The monoisotopic (exact) mass is 248 g/mol. The van der Waals surface area contributed by atoms with E-state index in [0.717, 1.165) is 18.8 Å². The van der Waals surface area contributed by atoms with Crippen LogP contribution in [0, 0.1) is 0 Å². The Bertz CT molecular complexity index is 437. The molecule has 0 bridgehead atoms. The molecule has 4 heteroatoms. The number of amides is 1. The van der Waals surface area contributed by atoms with Crippen molar-refractivity contribution in [2.24, 2.45) is 0 Å². The number of benzene rings is 1. The molecule has 4 nitrogen and oxygen atoms in total. The molecule has 0 unspecified atom stereocenters. The van der Waals surface area contributed by atoms with Crippen LogP contribution in [0.4, 0.5) is 5.69 Å². The molecule has 1 saturated heterocycles. The van der Waals surface area contributed by atoms with E-state index in [0.29, 0.717) is 11.3 Å². The summed E-state index contributed by atoms with van der Waals surface area (Å²) in [6.07, 6.45) is 2.45. The topological polar surface area (TPSA) is 32.8 Å². The summed E-state index contributed by atoms with van der Waals surface area (Å²) >= 11 is 0. The van der Waals surface area contributed by atoms with E-state index in [1.54, 1.807) is 26.1 Å². The highest BCUT2D eigenvalue weighted by atomic mass is 16.5. The fraction of sp³-hybridized carbons (Fsp3) is 0.500. The second kappa shape index (κ2) is 5.29. The van der Waals surface area contributed by atoms with Gasteiger partial charge in [0.1, 0.15) is 5.75 Å². The number of hydrogen-bond acceptors (Lipinski definition) is 3. The first-order valence-electron chi connectivity index (χ1n) is 6.28. The number of carbonyl (C=O) groups is 1. The number of hydrogen-bond donors (Lipinski definition) is 0. The molecule has 1 fully saturated rings. The Morgan fingerprint density at radius 1 is 1.28 bits per heavy atom. The highest BCUT2D eigenvalue weighted by Gasteiger charge is 2.18. The van der Waals surface area contributed by atoms with E-state index in [-0.39, 0.29) is 5.91 Å². The molecular formula is C14H20N2O2. The smallest absolute Gasteiger partial charge is 0.257 e. The van der Waals surface area contributed by atoms with Crippen LogP contribution in [0.1, 0.15) is 23.2 Å². The Morgan fingerprint density at radius 3 is 2.50 bits per heavy atom. The summed E-state index contributed by atoms with van der Waals surface area (Å²) in [4.78, 5) is 16.0. The zero-order valence-electron chi connectivity index (χ0n) is 11.3. The second-order valence-corrected chi connectivity index (χ2v) is 4.78. The zero-order valence-corrected chi connectivity index (χ0v) is 11.3.